The van der Waals surface area contributed by atoms with Crippen LogP contribution in [-0.4, -0.2) is 20.6 Å². The average molecular weight is 427 g/mol. The van der Waals surface area contributed by atoms with Crippen molar-refractivity contribution in [1.82, 2.24) is 0 Å². The van der Waals surface area contributed by atoms with Crippen LogP contribution in [0.1, 0.15) is 21.5 Å². The Kier molecular flexibility index (Phi) is 6.30. The van der Waals surface area contributed by atoms with Crippen LogP contribution in [-0.2, 0) is 10.0 Å². The second-order valence-corrected chi connectivity index (χ2v) is 9.11. The van der Waals surface area contributed by atoms with E-state index >= 15 is 0 Å². The predicted molar refractivity (Wildman–Crippen MR) is 119 cm³/mol. The quantitative estimate of drug-likeness (QED) is 0.539. The summed E-state index contributed by atoms with van der Waals surface area (Å²) in [6.07, 6.45) is 1.91. The summed E-state index contributed by atoms with van der Waals surface area (Å²) in [5.41, 5.74) is 3.72. The summed E-state index contributed by atoms with van der Waals surface area (Å²) in [7, 11) is -3.72. The van der Waals surface area contributed by atoms with E-state index in [0.717, 1.165) is 16.0 Å². The predicted octanol–water partition coefficient (Wildman–Crippen LogP) is 5.08. The number of hydrogen-bond donors (Lipinski definition) is 2. The molecule has 0 bridgehead atoms. The number of carbonyl (C=O) groups excluding carboxylic acids is 1. The molecule has 0 aliphatic heterocycles. The zero-order chi connectivity index (χ0) is 21.0. The molecule has 0 aromatic heterocycles. The first kappa shape index (κ1) is 21.0. The molecule has 0 unspecified atom stereocenters. The Labute approximate surface area is 175 Å². The molecule has 3 aromatic rings. The van der Waals surface area contributed by atoms with Gasteiger partial charge in [-0.25, -0.2) is 8.42 Å². The van der Waals surface area contributed by atoms with Gasteiger partial charge in [0.25, 0.3) is 15.9 Å². The highest BCUT2D eigenvalue weighted by atomic mass is 32.2. The Hall–Kier alpha value is -2.77. The molecule has 0 saturated heterocycles. The highest BCUT2D eigenvalue weighted by Gasteiger charge is 2.15. The molecule has 1 amide bonds. The summed E-state index contributed by atoms with van der Waals surface area (Å²) in [5.74, 6) is -0.237. The topological polar surface area (TPSA) is 75.3 Å². The maximum Gasteiger partial charge on any atom is 0.261 e. The number of anilines is 2. The van der Waals surface area contributed by atoms with Crippen LogP contribution < -0.4 is 10.0 Å². The summed E-state index contributed by atoms with van der Waals surface area (Å²) in [6, 6.07) is 18.8. The Morgan fingerprint density at radius 1 is 0.862 bits per heavy atom. The molecule has 150 valence electrons. The normalized spacial score (nSPS) is 11.1. The van der Waals surface area contributed by atoms with E-state index < -0.39 is 10.0 Å². The van der Waals surface area contributed by atoms with Crippen molar-refractivity contribution in [2.45, 2.75) is 23.6 Å². The summed E-state index contributed by atoms with van der Waals surface area (Å²) in [4.78, 5) is 13.5. The number of thioether (sulfide) groups is 1. The Morgan fingerprint density at radius 3 is 2.17 bits per heavy atom. The van der Waals surface area contributed by atoms with Crippen molar-refractivity contribution in [2.75, 3.05) is 16.3 Å². The lowest BCUT2D eigenvalue weighted by Crippen LogP contribution is -2.14. The number of hydrogen-bond acceptors (Lipinski definition) is 4. The van der Waals surface area contributed by atoms with Gasteiger partial charge in [-0.1, -0.05) is 18.2 Å². The van der Waals surface area contributed by atoms with E-state index in [9.17, 15) is 13.2 Å². The molecule has 7 heteroatoms. The molecule has 0 atom stereocenters. The van der Waals surface area contributed by atoms with Crippen molar-refractivity contribution in [1.29, 1.82) is 0 Å². The molecule has 0 heterocycles. The lowest BCUT2D eigenvalue weighted by Gasteiger charge is -2.11. The summed E-state index contributed by atoms with van der Waals surface area (Å²) >= 11 is 1.49. The Morgan fingerprint density at radius 2 is 1.52 bits per heavy atom. The number of nitrogens with one attached hydrogen (secondary N) is 2. The molecule has 0 aliphatic carbocycles. The van der Waals surface area contributed by atoms with Gasteiger partial charge in [0.15, 0.2) is 0 Å². The molecular formula is C22H22N2O3S2. The second-order valence-electron chi connectivity index (χ2n) is 6.58. The van der Waals surface area contributed by atoms with Crippen LogP contribution in [0.4, 0.5) is 11.4 Å². The lowest BCUT2D eigenvalue weighted by molar-refractivity contribution is 0.102. The monoisotopic (exact) mass is 426 g/mol. The van der Waals surface area contributed by atoms with Gasteiger partial charge in [-0.15, -0.1) is 11.8 Å². The van der Waals surface area contributed by atoms with Gasteiger partial charge in [-0.3, -0.25) is 9.52 Å². The van der Waals surface area contributed by atoms with E-state index in [4.69, 9.17) is 0 Å². The number of aryl methyl sites for hydroxylation is 2. The van der Waals surface area contributed by atoms with Crippen LogP contribution in [0.25, 0.3) is 0 Å². The third-order valence-corrected chi connectivity index (χ3v) is 6.73. The zero-order valence-corrected chi connectivity index (χ0v) is 18.0. The van der Waals surface area contributed by atoms with E-state index in [1.54, 1.807) is 30.3 Å². The molecule has 0 fully saturated rings. The van der Waals surface area contributed by atoms with Crippen molar-refractivity contribution in [3.05, 3.63) is 83.4 Å². The van der Waals surface area contributed by atoms with Gasteiger partial charge in [-0.2, -0.15) is 0 Å². The van der Waals surface area contributed by atoms with Gasteiger partial charge >= 0.3 is 0 Å². The zero-order valence-electron chi connectivity index (χ0n) is 16.4. The van der Waals surface area contributed by atoms with Gasteiger partial charge in [0.2, 0.25) is 0 Å². The third-order valence-electron chi connectivity index (χ3n) is 4.53. The molecule has 5 nitrogen and oxygen atoms in total. The summed E-state index contributed by atoms with van der Waals surface area (Å²) < 4.78 is 27.9. The molecule has 3 rings (SSSR count). The summed E-state index contributed by atoms with van der Waals surface area (Å²) in [6.45, 7) is 3.90. The molecule has 0 aliphatic rings. The molecule has 0 radical (unpaired) electrons. The van der Waals surface area contributed by atoms with Gasteiger partial charge < -0.3 is 5.32 Å². The smallest absolute Gasteiger partial charge is 0.261 e. The van der Waals surface area contributed by atoms with Crippen LogP contribution in [0, 0.1) is 13.8 Å². The van der Waals surface area contributed by atoms with E-state index in [0.29, 0.717) is 16.9 Å². The maximum atomic E-state index is 12.6. The number of carbonyl (C=O) groups is 1. The van der Waals surface area contributed by atoms with E-state index in [2.05, 4.69) is 10.0 Å². The largest absolute Gasteiger partial charge is 0.322 e. The number of amides is 1. The van der Waals surface area contributed by atoms with Crippen molar-refractivity contribution in [2.24, 2.45) is 0 Å². The fourth-order valence-corrected chi connectivity index (χ4v) is 4.41. The maximum absolute atomic E-state index is 12.6. The van der Waals surface area contributed by atoms with Crippen molar-refractivity contribution >= 4 is 39.1 Å². The van der Waals surface area contributed by atoms with Crippen molar-refractivity contribution < 1.29 is 13.2 Å². The fraction of sp³-hybridized carbons (Fsp3) is 0.136. The van der Waals surface area contributed by atoms with Crippen molar-refractivity contribution in [3.8, 4) is 0 Å². The average Bonchev–Trinajstić information content (AvgIpc) is 2.71. The van der Waals surface area contributed by atoms with Gasteiger partial charge in [0.05, 0.1) is 10.5 Å². The highest BCUT2D eigenvalue weighted by molar-refractivity contribution is 7.98. The van der Waals surface area contributed by atoms with Crippen LogP contribution in [0.15, 0.2) is 76.5 Å². The van der Waals surface area contributed by atoms with Crippen molar-refractivity contribution in [3.63, 3.8) is 0 Å². The highest BCUT2D eigenvalue weighted by Crippen LogP contribution is 2.23. The minimum Gasteiger partial charge on any atom is -0.322 e. The number of rotatable bonds is 6. The molecule has 0 spiro atoms. The SMILES string of the molecule is CSc1ccccc1C(=O)Nc1ccc(S(=O)(=O)Nc2ccc(C)c(C)c2)cc1. The van der Waals surface area contributed by atoms with Crippen LogP contribution in [0.2, 0.25) is 0 Å². The first-order chi connectivity index (χ1) is 13.8. The third kappa shape index (κ3) is 4.99. The number of benzene rings is 3. The van der Waals surface area contributed by atoms with Crippen LogP contribution in [0.3, 0.4) is 0 Å². The molecule has 3 aromatic carbocycles. The van der Waals surface area contributed by atoms with Crippen LogP contribution >= 0.6 is 11.8 Å². The fourth-order valence-electron chi connectivity index (χ4n) is 2.77. The molecule has 29 heavy (non-hydrogen) atoms. The second kappa shape index (κ2) is 8.71. The first-order valence-electron chi connectivity index (χ1n) is 8.94. The lowest BCUT2D eigenvalue weighted by atomic mass is 10.1. The minimum absolute atomic E-state index is 0.123. The van der Waals surface area contributed by atoms with Gasteiger partial charge in [0, 0.05) is 16.3 Å². The van der Waals surface area contributed by atoms with Gasteiger partial charge in [-0.05, 0) is 79.8 Å². The molecule has 0 saturated carbocycles. The van der Waals surface area contributed by atoms with Gasteiger partial charge in [0.1, 0.15) is 0 Å². The first-order valence-corrected chi connectivity index (χ1v) is 11.7. The van der Waals surface area contributed by atoms with Crippen LogP contribution in [0.5, 0.6) is 0 Å². The summed E-state index contributed by atoms with van der Waals surface area (Å²) in [5, 5.41) is 2.81. The Balaban J connectivity index is 1.75. The molecular weight excluding hydrogens is 404 g/mol. The minimum atomic E-state index is -3.72. The van der Waals surface area contributed by atoms with E-state index in [1.165, 1.54) is 23.9 Å². The van der Waals surface area contributed by atoms with E-state index in [1.807, 2.05) is 44.4 Å². The number of sulfonamides is 1. The van der Waals surface area contributed by atoms with E-state index in [-0.39, 0.29) is 10.8 Å². The standard InChI is InChI=1S/C22H22N2O3S2/c1-15-8-9-18(14-16(15)2)24-29(26,27)19-12-10-17(11-13-19)23-22(25)20-6-4-5-7-21(20)28-3/h4-14,24H,1-3H3,(H,23,25). The Bertz CT molecular complexity index is 1140. The molecule has 2 N–H and O–H groups in total.